The first-order valence-corrected chi connectivity index (χ1v) is 15.2. The zero-order valence-electron chi connectivity index (χ0n) is 22.5. The molecule has 2 saturated heterocycles. The van der Waals surface area contributed by atoms with E-state index in [1.54, 1.807) is 12.1 Å². The van der Waals surface area contributed by atoms with Crippen molar-refractivity contribution in [2.45, 2.75) is 32.2 Å². The van der Waals surface area contributed by atoms with Gasteiger partial charge in [0, 0.05) is 32.8 Å². The average Bonchev–Trinajstić information content (AvgIpc) is 2.95. The van der Waals surface area contributed by atoms with Crippen molar-refractivity contribution < 1.29 is 36.9 Å². The Hall–Kier alpha value is -2.70. The van der Waals surface area contributed by atoms with Crippen LogP contribution in [0.5, 0.6) is 5.75 Å². The molecule has 2 aliphatic rings. The zero-order chi connectivity index (χ0) is 27.5. The molecule has 0 saturated carbocycles. The molecule has 214 valence electrons. The first-order valence-electron chi connectivity index (χ1n) is 13.4. The van der Waals surface area contributed by atoms with E-state index in [1.807, 2.05) is 30.3 Å². The van der Waals surface area contributed by atoms with Crippen molar-refractivity contribution in [1.82, 2.24) is 4.90 Å². The molecule has 39 heavy (non-hydrogen) atoms. The lowest BCUT2D eigenvalue weighted by Gasteiger charge is -2.30. The molecule has 4 rings (SSSR count). The van der Waals surface area contributed by atoms with Crippen molar-refractivity contribution in [2.75, 3.05) is 69.8 Å². The second kappa shape index (κ2) is 14.6. The van der Waals surface area contributed by atoms with Crippen molar-refractivity contribution in [2.24, 2.45) is 0 Å². The molecule has 0 bridgehead atoms. The number of hydrogen-bond donors (Lipinski definition) is 0. The number of carbonyl (C=O) groups excluding carboxylic acids is 1. The van der Waals surface area contributed by atoms with E-state index in [-0.39, 0.29) is 44.0 Å². The van der Waals surface area contributed by atoms with Crippen LogP contribution in [0.25, 0.3) is 0 Å². The number of carbonyl (C=O) groups is 1. The molecule has 2 heterocycles. The summed E-state index contributed by atoms with van der Waals surface area (Å²) >= 11 is 0. The number of anilines is 1. The lowest BCUT2D eigenvalue weighted by molar-refractivity contribution is -0.165. The zero-order valence-corrected chi connectivity index (χ0v) is 23.3. The van der Waals surface area contributed by atoms with Gasteiger partial charge in [-0.2, -0.15) is 0 Å². The van der Waals surface area contributed by atoms with E-state index in [9.17, 15) is 13.2 Å². The van der Waals surface area contributed by atoms with E-state index in [2.05, 4.69) is 4.90 Å². The first kappa shape index (κ1) is 29.3. The van der Waals surface area contributed by atoms with Gasteiger partial charge in [-0.25, -0.2) is 13.2 Å². The van der Waals surface area contributed by atoms with E-state index >= 15 is 0 Å². The van der Waals surface area contributed by atoms with Gasteiger partial charge in [0.15, 0.2) is 6.29 Å². The Kier molecular flexibility index (Phi) is 11.0. The molecular weight excluding hydrogens is 524 g/mol. The average molecular weight is 563 g/mol. The topological polar surface area (TPSA) is 104 Å². The van der Waals surface area contributed by atoms with Gasteiger partial charge in [0.05, 0.1) is 37.3 Å². The molecule has 11 heteroatoms. The molecule has 0 aliphatic carbocycles. The van der Waals surface area contributed by atoms with Crippen LogP contribution >= 0.6 is 0 Å². The predicted molar refractivity (Wildman–Crippen MR) is 146 cm³/mol. The normalized spacial score (nSPS) is 18.4. The molecule has 1 unspecified atom stereocenters. The third-order valence-electron chi connectivity index (χ3n) is 6.58. The van der Waals surface area contributed by atoms with Gasteiger partial charge >= 0.3 is 5.97 Å². The van der Waals surface area contributed by atoms with Crippen molar-refractivity contribution in [3.8, 4) is 5.75 Å². The highest BCUT2D eigenvalue weighted by atomic mass is 32.2. The minimum atomic E-state index is -3.64. The molecule has 2 aromatic carbocycles. The summed E-state index contributed by atoms with van der Waals surface area (Å²) in [6.45, 7) is 4.74. The quantitative estimate of drug-likeness (QED) is 0.269. The van der Waals surface area contributed by atoms with E-state index in [1.165, 1.54) is 16.6 Å². The third kappa shape index (κ3) is 9.18. The number of ether oxygens (including phenoxy) is 5. The van der Waals surface area contributed by atoms with Crippen LogP contribution in [0.1, 0.15) is 35.2 Å². The highest BCUT2D eigenvalue weighted by Gasteiger charge is 2.24. The fraction of sp³-hybridized carbons (Fsp3) is 0.536. The SMILES string of the molecule is CS(=O)(=O)N(CCN1CCOCC1)c1ccc(C(=O)OCc2ccccc2)cc1OCCOC1CCCCO1. The van der Waals surface area contributed by atoms with Crippen LogP contribution in [0.3, 0.4) is 0 Å². The minimum absolute atomic E-state index is 0.127. The van der Waals surface area contributed by atoms with E-state index in [0.717, 1.165) is 37.9 Å². The Labute approximate surface area is 230 Å². The summed E-state index contributed by atoms with van der Waals surface area (Å²) in [5.41, 5.74) is 1.49. The van der Waals surface area contributed by atoms with Gasteiger partial charge in [0.25, 0.3) is 0 Å². The molecule has 0 radical (unpaired) electrons. The third-order valence-corrected chi connectivity index (χ3v) is 7.76. The molecule has 1 atom stereocenters. The van der Waals surface area contributed by atoms with Crippen LogP contribution in [0.15, 0.2) is 48.5 Å². The van der Waals surface area contributed by atoms with Gasteiger partial charge in [0.2, 0.25) is 10.0 Å². The Morgan fingerprint density at radius 3 is 2.56 bits per heavy atom. The summed E-state index contributed by atoms with van der Waals surface area (Å²) < 4.78 is 55.3. The molecule has 0 amide bonds. The lowest BCUT2D eigenvalue weighted by atomic mass is 10.2. The van der Waals surface area contributed by atoms with Crippen LogP contribution in [0.2, 0.25) is 0 Å². The first-order chi connectivity index (χ1) is 18.9. The van der Waals surface area contributed by atoms with Gasteiger partial charge in [0.1, 0.15) is 19.0 Å². The second-order valence-electron chi connectivity index (χ2n) is 9.55. The number of sulfonamides is 1. The Morgan fingerprint density at radius 2 is 1.85 bits per heavy atom. The smallest absolute Gasteiger partial charge is 0.338 e. The molecule has 0 spiro atoms. The standard InChI is InChI=1S/C28H38N2O8S/c1-39(32,33)30(13-12-29-14-17-34-18-15-29)25-11-10-24(28(31)38-22-23-7-3-2-4-8-23)21-26(25)35-19-20-37-27-9-5-6-16-36-27/h2-4,7-8,10-11,21,27H,5-6,9,12-20,22H2,1H3. The maximum absolute atomic E-state index is 12.9. The van der Waals surface area contributed by atoms with Gasteiger partial charge in [-0.3, -0.25) is 9.21 Å². The Bertz CT molecular complexity index is 1150. The number of benzene rings is 2. The summed E-state index contributed by atoms with van der Waals surface area (Å²) in [5.74, 6) is -0.258. The lowest BCUT2D eigenvalue weighted by Crippen LogP contribution is -2.43. The van der Waals surface area contributed by atoms with Crippen LogP contribution in [0.4, 0.5) is 5.69 Å². The Balaban J connectivity index is 1.49. The largest absolute Gasteiger partial charge is 0.489 e. The molecular formula is C28H38N2O8S. The molecule has 10 nitrogen and oxygen atoms in total. The Morgan fingerprint density at radius 1 is 1.05 bits per heavy atom. The monoisotopic (exact) mass is 562 g/mol. The maximum atomic E-state index is 12.9. The molecule has 2 aromatic rings. The highest BCUT2D eigenvalue weighted by Crippen LogP contribution is 2.32. The number of morpholine rings is 1. The van der Waals surface area contributed by atoms with Crippen LogP contribution in [-0.2, 0) is 35.6 Å². The van der Waals surface area contributed by atoms with Gasteiger partial charge in [-0.05, 0) is 43.0 Å². The van der Waals surface area contributed by atoms with Crippen molar-refractivity contribution >= 4 is 21.7 Å². The van der Waals surface area contributed by atoms with Crippen molar-refractivity contribution in [1.29, 1.82) is 0 Å². The predicted octanol–water partition coefficient (Wildman–Crippen LogP) is 3.06. The number of rotatable bonds is 13. The molecule has 2 fully saturated rings. The van der Waals surface area contributed by atoms with Crippen LogP contribution in [0, 0.1) is 0 Å². The number of esters is 1. The molecule has 0 N–H and O–H groups in total. The fourth-order valence-corrected chi connectivity index (χ4v) is 5.39. The van der Waals surface area contributed by atoms with E-state index in [4.69, 9.17) is 23.7 Å². The second-order valence-corrected chi connectivity index (χ2v) is 11.5. The summed E-state index contributed by atoms with van der Waals surface area (Å²) in [6.07, 6.45) is 3.81. The van der Waals surface area contributed by atoms with Crippen LogP contribution < -0.4 is 9.04 Å². The summed E-state index contributed by atoms with van der Waals surface area (Å²) in [5, 5.41) is 0. The molecule has 0 aromatic heterocycles. The van der Waals surface area contributed by atoms with Gasteiger partial charge < -0.3 is 23.7 Å². The summed E-state index contributed by atoms with van der Waals surface area (Å²) in [6, 6.07) is 14.1. The summed E-state index contributed by atoms with van der Waals surface area (Å²) in [7, 11) is -3.64. The number of nitrogens with zero attached hydrogens (tertiary/aromatic N) is 2. The highest BCUT2D eigenvalue weighted by molar-refractivity contribution is 7.92. The number of hydrogen-bond acceptors (Lipinski definition) is 9. The van der Waals surface area contributed by atoms with Crippen molar-refractivity contribution in [3.05, 3.63) is 59.7 Å². The van der Waals surface area contributed by atoms with Crippen LogP contribution in [-0.4, -0.2) is 91.0 Å². The minimum Gasteiger partial charge on any atom is -0.489 e. The molecule has 2 aliphatic heterocycles. The van der Waals surface area contributed by atoms with Gasteiger partial charge in [-0.1, -0.05) is 30.3 Å². The summed E-state index contributed by atoms with van der Waals surface area (Å²) in [4.78, 5) is 15.0. The van der Waals surface area contributed by atoms with E-state index in [0.29, 0.717) is 32.1 Å². The van der Waals surface area contributed by atoms with E-state index < -0.39 is 16.0 Å². The van der Waals surface area contributed by atoms with Crippen molar-refractivity contribution in [3.63, 3.8) is 0 Å². The maximum Gasteiger partial charge on any atom is 0.338 e. The van der Waals surface area contributed by atoms with Gasteiger partial charge in [-0.15, -0.1) is 0 Å². The fourth-order valence-electron chi connectivity index (χ4n) is 4.46.